The Morgan fingerprint density at radius 1 is 1.29 bits per heavy atom. The first-order chi connectivity index (χ1) is 11.5. The molecule has 9 nitrogen and oxygen atoms in total. The smallest absolute Gasteiger partial charge is 0.302 e. The van der Waals surface area contributed by atoms with E-state index in [9.17, 15) is 19.2 Å². The molecule has 0 aliphatic rings. The van der Waals surface area contributed by atoms with E-state index < -0.39 is 17.8 Å². The number of esters is 1. The number of rotatable bonds is 9. The van der Waals surface area contributed by atoms with Crippen LogP contribution in [0.3, 0.4) is 0 Å². The van der Waals surface area contributed by atoms with Crippen LogP contribution < -0.4 is 21.7 Å². The lowest BCUT2D eigenvalue weighted by Crippen LogP contribution is -2.30. The van der Waals surface area contributed by atoms with E-state index in [-0.39, 0.29) is 31.8 Å². The second-order valence-corrected chi connectivity index (χ2v) is 4.74. The first-order valence-corrected chi connectivity index (χ1v) is 7.19. The Morgan fingerprint density at radius 2 is 2.04 bits per heavy atom. The molecule has 0 aliphatic heterocycles. The third-order valence-corrected chi connectivity index (χ3v) is 2.85. The second kappa shape index (κ2) is 9.95. The standard InChI is InChI=1S/C15H20N4O5/c1-10(21)24-8-11-2-3-12(19-14(22)7-17-9-20)6-13(11)15(23)18-5-4-16/h2-3,6,9H,4-5,7-8,16H2,1H3,(H,17,20)(H,18,23)(H,19,22). The van der Waals surface area contributed by atoms with E-state index in [0.29, 0.717) is 17.7 Å². The van der Waals surface area contributed by atoms with Crippen LogP contribution in [0.4, 0.5) is 5.69 Å². The molecule has 0 unspecified atom stereocenters. The van der Waals surface area contributed by atoms with Crippen molar-refractivity contribution in [3.05, 3.63) is 29.3 Å². The van der Waals surface area contributed by atoms with Crippen LogP contribution in [0.2, 0.25) is 0 Å². The van der Waals surface area contributed by atoms with Crippen molar-refractivity contribution in [2.45, 2.75) is 13.5 Å². The molecular weight excluding hydrogens is 316 g/mol. The molecule has 0 saturated heterocycles. The van der Waals surface area contributed by atoms with Crippen molar-refractivity contribution in [1.29, 1.82) is 0 Å². The number of anilines is 1. The van der Waals surface area contributed by atoms with Crippen LogP contribution >= 0.6 is 0 Å². The van der Waals surface area contributed by atoms with E-state index in [4.69, 9.17) is 10.5 Å². The minimum absolute atomic E-state index is 0.0678. The van der Waals surface area contributed by atoms with Gasteiger partial charge in [-0.3, -0.25) is 19.2 Å². The maximum Gasteiger partial charge on any atom is 0.302 e. The van der Waals surface area contributed by atoms with E-state index in [1.807, 2.05) is 0 Å². The predicted molar refractivity (Wildman–Crippen MR) is 86.0 cm³/mol. The quantitative estimate of drug-likeness (QED) is 0.341. The number of carbonyl (C=O) groups excluding carboxylic acids is 4. The van der Waals surface area contributed by atoms with Gasteiger partial charge in [-0.05, 0) is 12.1 Å². The first kappa shape index (κ1) is 19.1. The molecule has 0 saturated carbocycles. The Morgan fingerprint density at radius 3 is 2.67 bits per heavy atom. The number of hydrogen-bond acceptors (Lipinski definition) is 6. The molecule has 0 spiro atoms. The number of nitrogens with one attached hydrogen (secondary N) is 3. The lowest BCUT2D eigenvalue weighted by atomic mass is 10.1. The summed E-state index contributed by atoms with van der Waals surface area (Å²) in [5.41, 5.74) is 6.47. The van der Waals surface area contributed by atoms with Crippen LogP contribution in [0.5, 0.6) is 0 Å². The topological polar surface area (TPSA) is 140 Å². The summed E-state index contributed by atoms with van der Waals surface area (Å²) in [7, 11) is 0. The van der Waals surface area contributed by atoms with Gasteiger partial charge in [0, 0.05) is 36.8 Å². The predicted octanol–water partition coefficient (Wildman–Crippen LogP) is -0.877. The molecule has 3 amide bonds. The number of nitrogens with two attached hydrogens (primary N) is 1. The molecule has 1 aromatic carbocycles. The Hall–Kier alpha value is -2.94. The number of ether oxygens (including phenoxy) is 1. The number of carbonyl (C=O) groups is 4. The zero-order chi connectivity index (χ0) is 17.9. The zero-order valence-electron chi connectivity index (χ0n) is 13.3. The van der Waals surface area contributed by atoms with E-state index in [1.54, 1.807) is 12.1 Å². The fourth-order valence-corrected chi connectivity index (χ4v) is 1.79. The van der Waals surface area contributed by atoms with Gasteiger partial charge in [-0.1, -0.05) is 6.07 Å². The molecule has 5 N–H and O–H groups in total. The van der Waals surface area contributed by atoms with Crippen molar-refractivity contribution in [3.8, 4) is 0 Å². The first-order valence-electron chi connectivity index (χ1n) is 7.19. The van der Waals surface area contributed by atoms with Crippen molar-refractivity contribution in [3.63, 3.8) is 0 Å². The van der Waals surface area contributed by atoms with Gasteiger partial charge in [-0.25, -0.2) is 0 Å². The molecule has 0 radical (unpaired) electrons. The van der Waals surface area contributed by atoms with Gasteiger partial charge in [-0.2, -0.15) is 0 Å². The molecule has 0 fully saturated rings. The molecule has 1 rings (SSSR count). The van der Waals surface area contributed by atoms with Gasteiger partial charge in [0.1, 0.15) is 6.61 Å². The average Bonchev–Trinajstić information content (AvgIpc) is 2.56. The Labute approximate surface area is 138 Å². The Balaban J connectivity index is 2.95. The molecule has 0 atom stereocenters. The molecule has 0 aromatic heterocycles. The fraction of sp³-hybridized carbons (Fsp3) is 0.333. The summed E-state index contributed by atoms with van der Waals surface area (Å²) in [5.74, 6) is -1.31. The highest BCUT2D eigenvalue weighted by molar-refractivity contribution is 5.99. The molecule has 24 heavy (non-hydrogen) atoms. The summed E-state index contributed by atoms with van der Waals surface area (Å²) in [6, 6.07) is 4.60. The van der Waals surface area contributed by atoms with Crippen molar-refractivity contribution < 1.29 is 23.9 Å². The normalized spacial score (nSPS) is 9.75. The van der Waals surface area contributed by atoms with Gasteiger partial charge in [0.25, 0.3) is 5.91 Å². The van der Waals surface area contributed by atoms with Gasteiger partial charge < -0.3 is 26.4 Å². The van der Waals surface area contributed by atoms with Crippen LogP contribution in [0.1, 0.15) is 22.8 Å². The second-order valence-electron chi connectivity index (χ2n) is 4.74. The zero-order valence-corrected chi connectivity index (χ0v) is 13.3. The third kappa shape index (κ3) is 6.44. The highest BCUT2D eigenvalue weighted by Gasteiger charge is 2.14. The van der Waals surface area contributed by atoms with Crippen molar-refractivity contribution in [2.24, 2.45) is 5.73 Å². The number of benzene rings is 1. The van der Waals surface area contributed by atoms with Crippen LogP contribution in [-0.4, -0.2) is 43.8 Å². The minimum Gasteiger partial charge on any atom is -0.461 e. The van der Waals surface area contributed by atoms with E-state index in [0.717, 1.165) is 0 Å². The largest absolute Gasteiger partial charge is 0.461 e. The average molecular weight is 336 g/mol. The molecule has 0 heterocycles. The van der Waals surface area contributed by atoms with Crippen molar-refractivity contribution >= 4 is 29.9 Å². The maximum absolute atomic E-state index is 12.2. The fourth-order valence-electron chi connectivity index (χ4n) is 1.79. The van der Waals surface area contributed by atoms with Gasteiger partial charge in [-0.15, -0.1) is 0 Å². The summed E-state index contributed by atoms with van der Waals surface area (Å²) < 4.78 is 4.92. The lowest BCUT2D eigenvalue weighted by Gasteiger charge is -2.13. The van der Waals surface area contributed by atoms with Gasteiger partial charge in [0.15, 0.2) is 0 Å². The summed E-state index contributed by atoms with van der Waals surface area (Å²) in [5, 5.41) is 7.40. The van der Waals surface area contributed by atoms with Gasteiger partial charge >= 0.3 is 5.97 Å². The summed E-state index contributed by atoms with van der Waals surface area (Å²) in [4.78, 5) is 44.9. The van der Waals surface area contributed by atoms with Crippen molar-refractivity contribution in [2.75, 3.05) is 25.0 Å². The summed E-state index contributed by atoms with van der Waals surface area (Å²) in [6.07, 6.45) is 0.410. The van der Waals surface area contributed by atoms with Crippen LogP contribution in [-0.2, 0) is 25.7 Å². The maximum atomic E-state index is 12.2. The van der Waals surface area contributed by atoms with Crippen LogP contribution in [0.25, 0.3) is 0 Å². The molecule has 0 bridgehead atoms. The SMILES string of the molecule is CC(=O)OCc1ccc(NC(=O)CNC=O)cc1C(=O)NCCN. The van der Waals surface area contributed by atoms with E-state index >= 15 is 0 Å². The van der Waals surface area contributed by atoms with Gasteiger partial charge in [0.05, 0.1) is 6.54 Å². The third-order valence-electron chi connectivity index (χ3n) is 2.85. The van der Waals surface area contributed by atoms with E-state index in [2.05, 4.69) is 16.0 Å². The molecule has 1 aromatic rings. The molecular formula is C15H20N4O5. The van der Waals surface area contributed by atoms with Crippen LogP contribution in [0.15, 0.2) is 18.2 Å². The van der Waals surface area contributed by atoms with Gasteiger partial charge in [0.2, 0.25) is 12.3 Å². The highest BCUT2D eigenvalue weighted by atomic mass is 16.5. The summed E-state index contributed by atoms with van der Waals surface area (Å²) >= 11 is 0. The van der Waals surface area contributed by atoms with Crippen molar-refractivity contribution in [1.82, 2.24) is 10.6 Å². The monoisotopic (exact) mass is 336 g/mol. The number of hydrogen-bond donors (Lipinski definition) is 4. The molecule has 130 valence electrons. The highest BCUT2D eigenvalue weighted by Crippen LogP contribution is 2.17. The summed E-state index contributed by atoms with van der Waals surface area (Å²) in [6.45, 7) is 1.57. The molecule has 9 heteroatoms. The number of amides is 3. The minimum atomic E-state index is -0.472. The van der Waals surface area contributed by atoms with E-state index in [1.165, 1.54) is 13.0 Å². The Bertz CT molecular complexity index is 618. The Kier molecular flexibility index (Phi) is 7.92. The molecule has 0 aliphatic carbocycles. The van der Waals surface area contributed by atoms with Crippen LogP contribution in [0, 0.1) is 0 Å². The lowest BCUT2D eigenvalue weighted by molar-refractivity contribution is -0.142.